The van der Waals surface area contributed by atoms with Gasteiger partial charge in [-0.3, -0.25) is 4.79 Å². The largest absolute Gasteiger partial charge is 0.333 e. The van der Waals surface area contributed by atoms with Gasteiger partial charge in [-0.2, -0.15) is 0 Å². The molecule has 1 aromatic carbocycles. The van der Waals surface area contributed by atoms with E-state index in [1.165, 1.54) is 17.0 Å². The van der Waals surface area contributed by atoms with Crippen LogP contribution in [0.25, 0.3) is 0 Å². The predicted octanol–water partition coefficient (Wildman–Crippen LogP) is 2.73. The Labute approximate surface area is 132 Å². The summed E-state index contributed by atoms with van der Waals surface area (Å²) in [6.07, 6.45) is 1.14. The number of hydrogen-bond acceptors (Lipinski definition) is 3. The molecule has 0 fully saturated rings. The van der Waals surface area contributed by atoms with Crippen molar-refractivity contribution in [2.45, 2.75) is 40.2 Å². The average molecular weight is 329 g/mol. The summed E-state index contributed by atoms with van der Waals surface area (Å²) in [5.41, 5.74) is 0.651. The van der Waals surface area contributed by atoms with Gasteiger partial charge in [0.25, 0.3) is 5.91 Å². The summed E-state index contributed by atoms with van der Waals surface area (Å²) in [6.45, 7) is 8.86. The van der Waals surface area contributed by atoms with Crippen LogP contribution in [0.2, 0.25) is 0 Å². The third-order valence-electron chi connectivity index (χ3n) is 3.42. The minimum absolute atomic E-state index is 0.102. The fraction of sp³-hybridized carbons (Fsp3) is 0.562. The predicted molar refractivity (Wildman–Crippen MR) is 86.4 cm³/mol. The summed E-state index contributed by atoms with van der Waals surface area (Å²) in [4.78, 5) is 14.2. The van der Waals surface area contributed by atoms with E-state index < -0.39 is 15.4 Å². The number of sulfone groups is 1. The van der Waals surface area contributed by atoms with Crippen LogP contribution in [-0.2, 0) is 9.84 Å². The van der Waals surface area contributed by atoms with Crippen molar-refractivity contribution in [3.8, 4) is 0 Å². The fourth-order valence-electron chi connectivity index (χ4n) is 2.22. The van der Waals surface area contributed by atoms with E-state index in [1.54, 1.807) is 13.8 Å². The molecule has 0 aliphatic carbocycles. The number of amides is 1. The maximum atomic E-state index is 13.7. The van der Waals surface area contributed by atoms with Gasteiger partial charge in [-0.15, -0.1) is 0 Å². The molecule has 0 unspecified atom stereocenters. The van der Waals surface area contributed by atoms with Gasteiger partial charge in [-0.05, 0) is 57.9 Å². The average Bonchev–Trinajstić information content (AvgIpc) is 2.32. The van der Waals surface area contributed by atoms with Crippen molar-refractivity contribution in [1.82, 2.24) is 4.90 Å². The maximum absolute atomic E-state index is 13.7. The van der Waals surface area contributed by atoms with E-state index in [4.69, 9.17) is 0 Å². The molecule has 124 valence electrons. The first-order valence-electron chi connectivity index (χ1n) is 7.09. The maximum Gasteiger partial charge on any atom is 0.254 e. The van der Waals surface area contributed by atoms with Crippen LogP contribution in [-0.4, -0.2) is 43.3 Å². The van der Waals surface area contributed by atoms with Crippen LogP contribution in [0.3, 0.4) is 0 Å². The van der Waals surface area contributed by atoms with Gasteiger partial charge in [0.05, 0.1) is 5.75 Å². The zero-order valence-electron chi connectivity index (χ0n) is 14.0. The van der Waals surface area contributed by atoms with Gasteiger partial charge in [-0.25, -0.2) is 12.8 Å². The highest BCUT2D eigenvalue weighted by atomic mass is 32.2. The summed E-state index contributed by atoms with van der Waals surface area (Å²) in [6, 6.07) is 3.01. The molecule has 0 spiro atoms. The zero-order chi connectivity index (χ0) is 17.3. The lowest BCUT2D eigenvalue weighted by Crippen LogP contribution is -2.47. The number of rotatable bonds is 4. The Balaban J connectivity index is 3.18. The molecule has 0 N–H and O–H groups in total. The highest BCUT2D eigenvalue weighted by Gasteiger charge is 2.28. The van der Waals surface area contributed by atoms with Gasteiger partial charge in [0.15, 0.2) is 0 Å². The van der Waals surface area contributed by atoms with E-state index in [1.807, 2.05) is 20.8 Å². The fourth-order valence-corrected chi connectivity index (χ4v) is 2.74. The minimum atomic E-state index is -3.17. The smallest absolute Gasteiger partial charge is 0.254 e. The Morgan fingerprint density at radius 3 is 2.00 bits per heavy atom. The van der Waals surface area contributed by atoms with Crippen LogP contribution in [0.1, 0.15) is 42.3 Å². The number of hydrogen-bond donors (Lipinski definition) is 0. The summed E-state index contributed by atoms with van der Waals surface area (Å²) < 4.78 is 36.5. The lowest BCUT2D eigenvalue weighted by Gasteiger charge is -2.36. The Bertz CT molecular complexity index is 652. The Morgan fingerprint density at radius 2 is 1.64 bits per heavy atom. The van der Waals surface area contributed by atoms with E-state index in [2.05, 4.69) is 0 Å². The van der Waals surface area contributed by atoms with Gasteiger partial charge in [-0.1, -0.05) is 0 Å². The summed E-state index contributed by atoms with van der Waals surface area (Å²) in [5, 5.41) is 0. The molecule has 4 nitrogen and oxygen atoms in total. The number of aryl methyl sites for hydroxylation is 2. The molecule has 6 heteroatoms. The molecule has 1 amide bonds. The van der Waals surface area contributed by atoms with E-state index in [0.29, 0.717) is 16.7 Å². The molecule has 0 aliphatic rings. The van der Waals surface area contributed by atoms with E-state index in [-0.39, 0.29) is 24.0 Å². The monoisotopic (exact) mass is 329 g/mol. The molecular formula is C16H24FNO3S. The Hall–Kier alpha value is -1.43. The van der Waals surface area contributed by atoms with Crippen LogP contribution < -0.4 is 0 Å². The molecular weight excluding hydrogens is 305 g/mol. The van der Waals surface area contributed by atoms with Crippen molar-refractivity contribution in [3.05, 3.63) is 34.6 Å². The van der Waals surface area contributed by atoms with Gasteiger partial charge in [0.1, 0.15) is 15.7 Å². The van der Waals surface area contributed by atoms with Crippen molar-refractivity contribution >= 4 is 15.7 Å². The van der Waals surface area contributed by atoms with Crippen molar-refractivity contribution in [1.29, 1.82) is 0 Å². The first-order valence-corrected chi connectivity index (χ1v) is 9.15. The molecule has 0 saturated heterocycles. The van der Waals surface area contributed by atoms with E-state index in [0.717, 1.165) is 6.26 Å². The highest BCUT2D eigenvalue weighted by Crippen LogP contribution is 2.21. The molecule has 1 aromatic rings. The van der Waals surface area contributed by atoms with Crippen LogP contribution in [0.4, 0.5) is 4.39 Å². The highest BCUT2D eigenvalue weighted by molar-refractivity contribution is 7.90. The third-order valence-corrected chi connectivity index (χ3v) is 4.35. The summed E-state index contributed by atoms with van der Waals surface area (Å²) >= 11 is 0. The molecule has 0 radical (unpaired) electrons. The Kier molecular flexibility index (Phi) is 5.38. The first-order chi connectivity index (χ1) is 9.83. The van der Waals surface area contributed by atoms with E-state index in [9.17, 15) is 17.6 Å². The number of halogens is 1. The standard InChI is InChI=1S/C16H24FNO3S/c1-11-9-13(10-12(2)14(11)17)15(19)18(16(3,4)5)7-8-22(6,20)21/h9-10H,7-8H2,1-6H3. The molecule has 1 rings (SSSR count). The number of benzene rings is 1. The molecule has 0 saturated carbocycles. The summed E-state index contributed by atoms with van der Waals surface area (Å²) in [7, 11) is -3.17. The van der Waals surface area contributed by atoms with Gasteiger partial charge < -0.3 is 4.90 Å². The van der Waals surface area contributed by atoms with Crippen molar-refractivity contribution in [2.24, 2.45) is 0 Å². The van der Waals surface area contributed by atoms with Crippen LogP contribution in [0, 0.1) is 19.7 Å². The van der Waals surface area contributed by atoms with E-state index >= 15 is 0 Å². The van der Waals surface area contributed by atoms with Crippen LogP contribution in [0.15, 0.2) is 12.1 Å². The molecule has 0 heterocycles. The number of carbonyl (C=O) groups excluding carboxylic acids is 1. The molecule has 0 atom stereocenters. The lowest BCUT2D eigenvalue weighted by molar-refractivity contribution is 0.0601. The molecule has 0 aromatic heterocycles. The molecule has 0 aliphatic heterocycles. The quantitative estimate of drug-likeness (QED) is 0.853. The van der Waals surface area contributed by atoms with Gasteiger partial charge >= 0.3 is 0 Å². The number of carbonyl (C=O) groups is 1. The summed E-state index contributed by atoms with van der Waals surface area (Å²) in [5.74, 6) is -0.716. The first kappa shape index (κ1) is 18.6. The third kappa shape index (κ3) is 4.80. The van der Waals surface area contributed by atoms with Crippen molar-refractivity contribution in [3.63, 3.8) is 0 Å². The van der Waals surface area contributed by atoms with Crippen LogP contribution in [0.5, 0.6) is 0 Å². The second-order valence-electron chi connectivity index (χ2n) is 6.68. The Morgan fingerprint density at radius 1 is 1.18 bits per heavy atom. The second-order valence-corrected chi connectivity index (χ2v) is 8.94. The van der Waals surface area contributed by atoms with Gasteiger partial charge in [0.2, 0.25) is 0 Å². The van der Waals surface area contributed by atoms with Gasteiger partial charge in [0, 0.05) is 23.9 Å². The minimum Gasteiger partial charge on any atom is -0.333 e. The SMILES string of the molecule is Cc1cc(C(=O)N(CCS(C)(=O)=O)C(C)(C)C)cc(C)c1F. The zero-order valence-corrected chi connectivity index (χ0v) is 14.8. The van der Waals surface area contributed by atoms with Crippen molar-refractivity contribution < 1.29 is 17.6 Å². The lowest BCUT2D eigenvalue weighted by atomic mass is 10.0. The second kappa shape index (κ2) is 6.36. The molecule has 0 bridgehead atoms. The van der Waals surface area contributed by atoms with Crippen molar-refractivity contribution in [2.75, 3.05) is 18.6 Å². The molecule has 22 heavy (non-hydrogen) atoms. The van der Waals surface area contributed by atoms with Crippen LogP contribution >= 0.6 is 0 Å². The number of nitrogens with zero attached hydrogens (tertiary/aromatic N) is 1. The normalized spacial score (nSPS) is 12.3. The topological polar surface area (TPSA) is 54.5 Å².